The molecule has 1 aromatic heterocycles. The van der Waals surface area contributed by atoms with Crippen molar-refractivity contribution in [1.29, 1.82) is 0 Å². The van der Waals surface area contributed by atoms with Crippen LogP contribution in [0.4, 0.5) is 4.79 Å². The van der Waals surface area contributed by atoms with Crippen molar-refractivity contribution in [3.63, 3.8) is 0 Å². The van der Waals surface area contributed by atoms with E-state index in [0.29, 0.717) is 19.7 Å². The highest BCUT2D eigenvalue weighted by Crippen LogP contribution is 2.21. The van der Waals surface area contributed by atoms with Crippen LogP contribution in [0.2, 0.25) is 0 Å². The lowest BCUT2D eigenvalue weighted by Crippen LogP contribution is -2.49. The molecular formula is C21H38N6O3. The summed E-state index contributed by atoms with van der Waals surface area (Å²) in [5.74, 6) is 1.04. The summed E-state index contributed by atoms with van der Waals surface area (Å²) in [5, 5.41) is 10.6. The third kappa shape index (κ3) is 7.51. The zero-order valence-corrected chi connectivity index (χ0v) is 19.4. The standard InChI is InChI=1S/C21H38N6O3/c1-8-22-19(23-12-17(15(2)3)25-20(28)30-21(4,5)6)27-9-10-29-18(14-27)16-11-24-26(7)13-16/h11,13,15,17-18H,8-10,12,14H2,1-7H3,(H,22,23)(H,25,28). The number of hydrogen-bond acceptors (Lipinski definition) is 5. The second-order valence-electron chi connectivity index (χ2n) is 8.94. The van der Waals surface area contributed by atoms with Gasteiger partial charge >= 0.3 is 6.09 Å². The predicted molar refractivity (Wildman–Crippen MR) is 117 cm³/mol. The van der Waals surface area contributed by atoms with Crippen LogP contribution in [0.3, 0.4) is 0 Å². The van der Waals surface area contributed by atoms with Crippen LogP contribution in [0.15, 0.2) is 17.4 Å². The van der Waals surface area contributed by atoms with Crippen LogP contribution >= 0.6 is 0 Å². The van der Waals surface area contributed by atoms with Crippen molar-refractivity contribution in [2.45, 2.75) is 59.3 Å². The van der Waals surface area contributed by atoms with Crippen molar-refractivity contribution in [2.24, 2.45) is 18.0 Å². The quantitative estimate of drug-likeness (QED) is 0.540. The maximum absolute atomic E-state index is 12.2. The number of rotatable bonds is 6. The Morgan fingerprint density at radius 2 is 2.17 bits per heavy atom. The van der Waals surface area contributed by atoms with E-state index in [1.54, 1.807) is 4.68 Å². The average Bonchev–Trinajstić information content (AvgIpc) is 3.09. The van der Waals surface area contributed by atoms with Gasteiger partial charge in [0.2, 0.25) is 0 Å². The lowest BCUT2D eigenvalue weighted by atomic mass is 10.1. The number of ether oxygens (including phenoxy) is 2. The van der Waals surface area contributed by atoms with Gasteiger partial charge in [0, 0.05) is 31.9 Å². The van der Waals surface area contributed by atoms with E-state index >= 15 is 0 Å². The van der Waals surface area contributed by atoms with E-state index in [9.17, 15) is 4.79 Å². The van der Waals surface area contributed by atoms with Gasteiger partial charge in [-0.15, -0.1) is 0 Å². The maximum Gasteiger partial charge on any atom is 0.407 e. The van der Waals surface area contributed by atoms with Gasteiger partial charge in [0.25, 0.3) is 0 Å². The van der Waals surface area contributed by atoms with Crippen molar-refractivity contribution in [1.82, 2.24) is 25.3 Å². The van der Waals surface area contributed by atoms with Gasteiger partial charge in [0.05, 0.1) is 31.9 Å². The van der Waals surface area contributed by atoms with Crippen LogP contribution < -0.4 is 10.6 Å². The van der Waals surface area contributed by atoms with E-state index in [0.717, 1.165) is 24.6 Å². The molecule has 2 unspecified atom stereocenters. The minimum Gasteiger partial charge on any atom is -0.444 e. The van der Waals surface area contributed by atoms with Crippen LogP contribution in [-0.4, -0.2) is 71.2 Å². The van der Waals surface area contributed by atoms with Crippen molar-refractivity contribution >= 4 is 12.1 Å². The van der Waals surface area contributed by atoms with Gasteiger partial charge in [0.1, 0.15) is 11.7 Å². The van der Waals surface area contributed by atoms with Crippen LogP contribution in [-0.2, 0) is 16.5 Å². The number of guanidine groups is 1. The van der Waals surface area contributed by atoms with Crippen LogP contribution in [0, 0.1) is 5.92 Å². The third-order valence-corrected chi connectivity index (χ3v) is 4.74. The smallest absolute Gasteiger partial charge is 0.407 e. The normalized spacial score (nSPS) is 19.0. The molecule has 9 heteroatoms. The molecule has 9 nitrogen and oxygen atoms in total. The van der Waals surface area contributed by atoms with E-state index in [1.807, 2.05) is 47.1 Å². The Balaban J connectivity index is 2.06. The Hall–Kier alpha value is -2.29. The molecule has 0 spiro atoms. The zero-order chi connectivity index (χ0) is 22.3. The summed E-state index contributed by atoms with van der Waals surface area (Å²) >= 11 is 0. The fourth-order valence-corrected chi connectivity index (χ4v) is 3.14. The molecule has 0 saturated carbocycles. The number of nitrogens with one attached hydrogen (secondary N) is 2. The Morgan fingerprint density at radius 1 is 1.43 bits per heavy atom. The summed E-state index contributed by atoms with van der Waals surface area (Å²) in [6, 6.07) is -0.122. The lowest BCUT2D eigenvalue weighted by Gasteiger charge is -2.35. The summed E-state index contributed by atoms with van der Waals surface area (Å²) in [4.78, 5) is 19.2. The number of carbonyl (C=O) groups excluding carboxylic acids is 1. The summed E-state index contributed by atoms with van der Waals surface area (Å²) in [7, 11) is 1.90. The predicted octanol–water partition coefficient (Wildman–Crippen LogP) is 2.31. The molecule has 1 aromatic rings. The van der Waals surface area contributed by atoms with Gasteiger partial charge in [-0.3, -0.25) is 9.67 Å². The third-order valence-electron chi connectivity index (χ3n) is 4.74. The number of morpholine rings is 1. The average molecular weight is 423 g/mol. The van der Waals surface area contributed by atoms with Gasteiger partial charge in [-0.25, -0.2) is 4.79 Å². The molecule has 2 atom stereocenters. The number of aromatic nitrogens is 2. The van der Waals surface area contributed by atoms with Crippen LogP contribution in [0.5, 0.6) is 0 Å². The van der Waals surface area contributed by atoms with Gasteiger partial charge in [0.15, 0.2) is 5.96 Å². The zero-order valence-electron chi connectivity index (χ0n) is 19.4. The molecule has 1 saturated heterocycles. The molecule has 0 aromatic carbocycles. The van der Waals surface area contributed by atoms with Crippen LogP contribution in [0.1, 0.15) is 53.2 Å². The molecule has 170 valence electrons. The molecule has 1 amide bonds. The summed E-state index contributed by atoms with van der Waals surface area (Å²) in [6.45, 7) is 15.1. The van der Waals surface area contributed by atoms with E-state index in [2.05, 4.69) is 34.5 Å². The van der Waals surface area contributed by atoms with Gasteiger partial charge < -0.3 is 25.0 Å². The number of amides is 1. The minimum atomic E-state index is -0.529. The van der Waals surface area contributed by atoms with Crippen molar-refractivity contribution in [3.05, 3.63) is 18.0 Å². The first-order valence-electron chi connectivity index (χ1n) is 10.7. The van der Waals surface area contributed by atoms with E-state index < -0.39 is 11.7 Å². The highest BCUT2D eigenvalue weighted by molar-refractivity contribution is 5.80. The Morgan fingerprint density at radius 3 is 2.73 bits per heavy atom. The molecule has 0 radical (unpaired) electrons. The minimum absolute atomic E-state index is 0.0444. The van der Waals surface area contributed by atoms with Gasteiger partial charge in [-0.1, -0.05) is 13.8 Å². The molecule has 30 heavy (non-hydrogen) atoms. The largest absolute Gasteiger partial charge is 0.444 e. The topological polar surface area (TPSA) is 93.0 Å². The Kier molecular flexibility index (Phi) is 8.52. The van der Waals surface area contributed by atoms with Crippen molar-refractivity contribution < 1.29 is 14.3 Å². The van der Waals surface area contributed by atoms with Crippen molar-refractivity contribution in [3.8, 4) is 0 Å². The highest BCUT2D eigenvalue weighted by Gasteiger charge is 2.26. The first kappa shape index (κ1) is 24.0. The Labute approximate surface area is 180 Å². The van der Waals surface area contributed by atoms with Crippen LogP contribution in [0.25, 0.3) is 0 Å². The molecule has 2 N–H and O–H groups in total. The fraction of sp³-hybridized carbons (Fsp3) is 0.762. The lowest BCUT2D eigenvalue weighted by molar-refractivity contribution is -0.00806. The molecule has 2 rings (SSSR count). The fourth-order valence-electron chi connectivity index (χ4n) is 3.14. The molecule has 1 fully saturated rings. The van der Waals surface area contributed by atoms with E-state index in [4.69, 9.17) is 14.5 Å². The monoisotopic (exact) mass is 422 g/mol. The number of alkyl carbamates (subject to hydrolysis) is 1. The SMILES string of the molecule is CCNC(=NCC(NC(=O)OC(C)(C)C)C(C)C)N1CCOC(c2cnn(C)c2)C1. The number of nitrogens with zero attached hydrogens (tertiary/aromatic N) is 4. The second kappa shape index (κ2) is 10.7. The molecular weight excluding hydrogens is 384 g/mol. The summed E-state index contributed by atoms with van der Waals surface area (Å²) < 4.78 is 13.1. The molecule has 1 aliphatic heterocycles. The number of carbonyl (C=O) groups is 1. The molecule has 0 bridgehead atoms. The first-order chi connectivity index (χ1) is 14.1. The first-order valence-corrected chi connectivity index (χ1v) is 10.7. The maximum atomic E-state index is 12.2. The second-order valence-corrected chi connectivity index (χ2v) is 8.94. The summed E-state index contributed by atoms with van der Waals surface area (Å²) in [6.07, 6.45) is 3.37. The highest BCUT2D eigenvalue weighted by atomic mass is 16.6. The summed E-state index contributed by atoms with van der Waals surface area (Å²) in [5.41, 5.74) is 0.531. The van der Waals surface area contributed by atoms with E-state index in [1.165, 1.54) is 0 Å². The van der Waals surface area contributed by atoms with Crippen molar-refractivity contribution in [2.75, 3.05) is 32.8 Å². The van der Waals surface area contributed by atoms with E-state index in [-0.39, 0.29) is 18.1 Å². The number of aryl methyl sites for hydroxylation is 1. The molecule has 1 aliphatic rings. The Bertz CT molecular complexity index is 710. The number of hydrogen-bond donors (Lipinski definition) is 2. The van der Waals surface area contributed by atoms with Gasteiger partial charge in [-0.05, 0) is 33.6 Å². The molecule has 0 aliphatic carbocycles. The van der Waals surface area contributed by atoms with Gasteiger partial charge in [-0.2, -0.15) is 5.10 Å². The molecule has 2 heterocycles. The number of aliphatic imine (C=N–C) groups is 1.